The first kappa shape index (κ1) is 12.6. The lowest BCUT2D eigenvalue weighted by molar-refractivity contribution is 0.102. The van der Waals surface area contributed by atoms with E-state index in [1.807, 2.05) is 54.6 Å². The zero-order chi connectivity index (χ0) is 13.9. The summed E-state index contributed by atoms with van der Waals surface area (Å²) in [6.45, 7) is 0. The Morgan fingerprint density at radius 2 is 1.70 bits per heavy atom. The molecule has 98 valence electrons. The molecule has 0 fully saturated rings. The number of halogens is 1. The van der Waals surface area contributed by atoms with Crippen LogP contribution >= 0.6 is 11.6 Å². The maximum atomic E-state index is 12.2. The molecule has 0 saturated heterocycles. The van der Waals surface area contributed by atoms with Crippen LogP contribution < -0.4 is 5.32 Å². The van der Waals surface area contributed by atoms with Gasteiger partial charge in [0.15, 0.2) is 0 Å². The number of anilines is 1. The first-order valence-corrected chi connectivity index (χ1v) is 6.53. The summed E-state index contributed by atoms with van der Waals surface area (Å²) in [6.07, 6.45) is 0. The molecule has 2 aromatic carbocycles. The van der Waals surface area contributed by atoms with E-state index >= 15 is 0 Å². The van der Waals surface area contributed by atoms with Gasteiger partial charge in [0.1, 0.15) is 10.8 Å². The maximum absolute atomic E-state index is 12.2. The lowest BCUT2D eigenvalue weighted by atomic mass is 10.1. The summed E-state index contributed by atoms with van der Waals surface area (Å²) in [5.74, 6) is -0.274. The van der Waals surface area contributed by atoms with Gasteiger partial charge in [-0.15, -0.1) is 0 Å². The Hall–Kier alpha value is -2.39. The van der Waals surface area contributed by atoms with Crippen molar-refractivity contribution in [2.45, 2.75) is 0 Å². The second kappa shape index (κ2) is 5.31. The Kier molecular flexibility index (Phi) is 3.35. The van der Waals surface area contributed by atoms with Crippen molar-refractivity contribution < 1.29 is 4.79 Å². The molecule has 20 heavy (non-hydrogen) atoms. The highest BCUT2D eigenvalue weighted by Gasteiger charge is 2.11. The third-order valence-electron chi connectivity index (χ3n) is 2.96. The molecule has 0 aliphatic carbocycles. The summed E-state index contributed by atoms with van der Waals surface area (Å²) in [5, 5.41) is 4.86. The number of benzene rings is 2. The number of nitrogens with zero attached hydrogens (tertiary/aromatic N) is 1. The topological polar surface area (TPSA) is 42.0 Å². The van der Waals surface area contributed by atoms with Crippen LogP contribution in [0.15, 0.2) is 60.7 Å². The number of nitrogens with one attached hydrogen (secondary N) is 1. The lowest BCUT2D eigenvalue weighted by Gasteiger charge is -2.06. The normalized spacial score (nSPS) is 10.4. The maximum Gasteiger partial charge on any atom is 0.274 e. The van der Waals surface area contributed by atoms with Crippen molar-refractivity contribution in [1.29, 1.82) is 0 Å². The number of pyridine rings is 1. The minimum Gasteiger partial charge on any atom is -0.321 e. The Morgan fingerprint density at radius 3 is 2.50 bits per heavy atom. The summed E-state index contributed by atoms with van der Waals surface area (Å²) < 4.78 is 0. The smallest absolute Gasteiger partial charge is 0.274 e. The number of aromatic nitrogens is 1. The van der Waals surface area contributed by atoms with E-state index in [2.05, 4.69) is 10.3 Å². The predicted octanol–water partition coefficient (Wildman–Crippen LogP) is 4.14. The van der Waals surface area contributed by atoms with Gasteiger partial charge in [-0.2, -0.15) is 0 Å². The van der Waals surface area contributed by atoms with Crippen LogP contribution in [-0.2, 0) is 0 Å². The molecule has 0 atom stereocenters. The van der Waals surface area contributed by atoms with Crippen LogP contribution in [0.1, 0.15) is 10.5 Å². The Labute approximate surface area is 121 Å². The molecule has 4 heteroatoms. The number of para-hydroxylation sites is 1. The van der Waals surface area contributed by atoms with E-state index in [4.69, 9.17) is 11.6 Å². The monoisotopic (exact) mass is 282 g/mol. The number of amides is 1. The van der Waals surface area contributed by atoms with Crippen LogP contribution in [0.25, 0.3) is 10.8 Å². The quantitative estimate of drug-likeness (QED) is 0.718. The molecule has 3 nitrogen and oxygen atoms in total. The molecular formula is C16H11ClN2O. The molecule has 1 heterocycles. The van der Waals surface area contributed by atoms with Crippen LogP contribution in [-0.4, -0.2) is 10.9 Å². The minimum absolute atomic E-state index is 0.274. The standard InChI is InChI=1S/C16H11ClN2O/c17-15-13-9-5-4-6-11(13)10-14(19-15)16(20)18-12-7-2-1-3-8-12/h1-10H,(H,18,20). The SMILES string of the molecule is O=C(Nc1ccccc1)c1cc2ccccc2c(Cl)n1. The average molecular weight is 283 g/mol. The molecule has 3 rings (SSSR count). The minimum atomic E-state index is -0.274. The lowest BCUT2D eigenvalue weighted by Crippen LogP contribution is -2.13. The van der Waals surface area contributed by atoms with Crippen LogP contribution in [0.3, 0.4) is 0 Å². The van der Waals surface area contributed by atoms with Gasteiger partial charge in [-0.05, 0) is 23.6 Å². The first-order chi connectivity index (χ1) is 9.74. The Balaban J connectivity index is 1.96. The summed E-state index contributed by atoms with van der Waals surface area (Å²) >= 11 is 6.12. The van der Waals surface area contributed by atoms with Gasteiger partial charge in [0.25, 0.3) is 5.91 Å². The van der Waals surface area contributed by atoms with Gasteiger partial charge in [-0.3, -0.25) is 4.79 Å². The molecule has 0 saturated carbocycles. The fourth-order valence-electron chi connectivity index (χ4n) is 1.99. The molecule has 0 spiro atoms. The number of hydrogen-bond acceptors (Lipinski definition) is 2. The van der Waals surface area contributed by atoms with E-state index in [1.165, 1.54) is 0 Å². The zero-order valence-electron chi connectivity index (χ0n) is 10.5. The average Bonchev–Trinajstić information content (AvgIpc) is 2.48. The summed E-state index contributed by atoms with van der Waals surface area (Å²) in [4.78, 5) is 16.3. The van der Waals surface area contributed by atoms with Crippen molar-refractivity contribution in [1.82, 2.24) is 4.98 Å². The summed E-state index contributed by atoms with van der Waals surface area (Å²) in [7, 11) is 0. The molecule has 0 bridgehead atoms. The third-order valence-corrected chi connectivity index (χ3v) is 3.25. The molecule has 3 aromatic rings. The second-order valence-corrected chi connectivity index (χ2v) is 4.70. The van der Waals surface area contributed by atoms with Gasteiger partial charge in [-0.25, -0.2) is 4.98 Å². The number of hydrogen-bond donors (Lipinski definition) is 1. The summed E-state index contributed by atoms with van der Waals surface area (Å²) in [6, 6.07) is 18.6. The van der Waals surface area contributed by atoms with Crippen LogP contribution in [0.2, 0.25) is 5.15 Å². The first-order valence-electron chi connectivity index (χ1n) is 6.16. The van der Waals surface area contributed by atoms with E-state index in [1.54, 1.807) is 6.07 Å². The van der Waals surface area contributed by atoms with Gasteiger partial charge in [0, 0.05) is 11.1 Å². The molecule has 0 aliphatic rings. The van der Waals surface area contributed by atoms with Crippen molar-refractivity contribution in [3.8, 4) is 0 Å². The predicted molar refractivity (Wildman–Crippen MR) is 81.1 cm³/mol. The fraction of sp³-hybridized carbons (Fsp3) is 0. The van der Waals surface area contributed by atoms with Gasteiger partial charge in [0.2, 0.25) is 0 Å². The van der Waals surface area contributed by atoms with Gasteiger partial charge in [-0.1, -0.05) is 54.1 Å². The molecule has 1 aromatic heterocycles. The van der Waals surface area contributed by atoms with Crippen LogP contribution in [0.4, 0.5) is 5.69 Å². The van der Waals surface area contributed by atoms with Crippen LogP contribution in [0.5, 0.6) is 0 Å². The van der Waals surface area contributed by atoms with Gasteiger partial charge >= 0.3 is 0 Å². The van der Waals surface area contributed by atoms with Crippen molar-refractivity contribution in [3.05, 3.63) is 71.5 Å². The van der Waals surface area contributed by atoms with E-state index in [9.17, 15) is 4.79 Å². The van der Waals surface area contributed by atoms with Gasteiger partial charge in [0.05, 0.1) is 0 Å². The third kappa shape index (κ3) is 2.49. The molecule has 0 unspecified atom stereocenters. The zero-order valence-corrected chi connectivity index (χ0v) is 11.3. The highest BCUT2D eigenvalue weighted by molar-refractivity contribution is 6.34. The van der Waals surface area contributed by atoms with Crippen molar-refractivity contribution in [3.63, 3.8) is 0 Å². The van der Waals surface area contributed by atoms with Crippen LogP contribution in [0, 0.1) is 0 Å². The molecular weight excluding hydrogens is 272 g/mol. The van der Waals surface area contributed by atoms with Crippen molar-refractivity contribution in [2.75, 3.05) is 5.32 Å². The van der Waals surface area contributed by atoms with Crippen molar-refractivity contribution in [2.24, 2.45) is 0 Å². The molecule has 1 N–H and O–H groups in total. The highest BCUT2D eigenvalue weighted by Crippen LogP contribution is 2.22. The molecule has 0 aliphatic heterocycles. The number of carbonyl (C=O) groups is 1. The number of fused-ring (bicyclic) bond motifs is 1. The highest BCUT2D eigenvalue weighted by atomic mass is 35.5. The summed E-state index contributed by atoms with van der Waals surface area (Å²) in [5.41, 5.74) is 1.03. The van der Waals surface area contributed by atoms with Crippen molar-refractivity contribution >= 4 is 34.0 Å². The number of rotatable bonds is 2. The van der Waals surface area contributed by atoms with E-state index in [0.717, 1.165) is 16.5 Å². The van der Waals surface area contributed by atoms with E-state index < -0.39 is 0 Å². The molecule has 1 amide bonds. The Bertz CT molecular complexity index is 772. The van der Waals surface area contributed by atoms with Gasteiger partial charge < -0.3 is 5.32 Å². The number of carbonyl (C=O) groups excluding carboxylic acids is 1. The van der Waals surface area contributed by atoms with E-state index in [-0.39, 0.29) is 5.91 Å². The molecule has 0 radical (unpaired) electrons. The van der Waals surface area contributed by atoms with E-state index in [0.29, 0.717) is 10.8 Å². The Morgan fingerprint density at radius 1 is 1.00 bits per heavy atom. The largest absolute Gasteiger partial charge is 0.321 e. The second-order valence-electron chi connectivity index (χ2n) is 4.34. The fourth-order valence-corrected chi connectivity index (χ4v) is 2.25.